The summed E-state index contributed by atoms with van der Waals surface area (Å²) in [5.41, 5.74) is 22.6. The molecule has 0 aliphatic rings. The molecule has 0 unspecified atom stereocenters. The number of anilines is 11. The average Bonchev–Trinajstić information content (AvgIpc) is 3.41. The number of hydrogen-bond donors (Lipinski definition) is 2. The van der Waals surface area contributed by atoms with Crippen molar-refractivity contribution in [2.24, 2.45) is 0 Å². The van der Waals surface area contributed by atoms with E-state index in [9.17, 15) is 0 Å². The van der Waals surface area contributed by atoms with Gasteiger partial charge in [0, 0.05) is 68.5 Å². The molecule has 0 aromatic heterocycles. The molecule has 332 valence electrons. The van der Waals surface area contributed by atoms with E-state index in [1.807, 2.05) is 12.1 Å². The highest BCUT2D eigenvalue weighted by atomic mass is 15.2. The lowest BCUT2D eigenvalue weighted by atomic mass is 10.0. The highest BCUT2D eigenvalue weighted by Crippen LogP contribution is 2.42. The fourth-order valence-electron chi connectivity index (χ4n) is 9.30. The monoisotopic (exact) mass is 889 g/mol. The van der Waals surface area contributed by atoms with Crippen molar-refractivity contribution in [1.29, 1.82) is 0 Å². The molecule has 11 aromatic carbocycles. The van der Waals surface area contributed by atoms with Crippen molar-refractivity contribution in [3.05, 3.63) is 272 Å². The number of benzene rings is 11. The van der Waals surface area contributed by atoms with Crippen LogP contribution in [0.15, 0.2) is 261 Å². The number of nitrogens with two attached hydrogens (primary N) is 1. The minimum Gasteiger partial charge on any atom is -0.399 e. The third-order valence-electron chi connectivity index (χ3n) is 12.9. The molecule has 0 fully saturated rings. The third kappa shape index (κ3) is 8.97. The second-order valence-corrected chi connectivity index (χ2v) is 17.4. The second-order valence-electron chi connectivity index (χ2n) is 17.4. The topological polar surface area (TPSA) is 47.8 Å². The van der Waals surface area contributed by atoms with Gasteiger partial charge < -0.3 is 25.8 Å². The van der Waals surface area contributed by atoms with Crippen LogP contribution in [0.4, 0.5) is 62.6 Å². The Hall–Kier alpha value is -9.06. The summed E-state index contributed by atoms with van der Waals surface area (Å²) in [6.45, 7) is 2.83. The Morgan fingerprint density at radius 1 is 0.333 bits per heavy atom. The number of fused-ring (bicyclic) bond motifs is 2. The smallest absolute Gasteiger partial charge is 0.0540 e. The number of rotatable bonds is 13. The Balaban J connectivity index is 0.852. The number of nitrogens with zero attached hydrogens (tertiary/aromatic N) is 3. The maximum absolute atomic E-state index is 6.15. The second kappa shape index (κ2) is 19.0. The summed E-state index contributed by atoms with van der Waals surface area (Å²) < 4.78 is 0. The molecule has 0 heterocycles. The lowest BCUT2D eigenvalue weighted by Gasteiger charge is -2.28. The van der Waals surface area contributed by atoms with Gasteiger partial charge in [-0.15, -0.1) is 0 Å². The van der Waals surface area contributed by atoms with Gasteiger partial charge in [0.25, 0.3) is 0 Å². The normalized spacial score (nSPS) is 11.1. The molecule has 0 saturated heterocycles. The summed E-state index contributed by atoms with van der Waals surface area (Å²) in [6, 6.07) is 92.9. The summed E-state index contributed by atoms with van der Waals surface area (Å²) in [5.74, 6) is 0. The van der Waals surface area contributed by atoms with Crippen LogP contribution in [0.3, 0.4) is 0 Å². The molecular weight excluding hydrogens is 839 g/mol. The highest BCUT2D eigenvalue weighted by molar-refractivity contribution is 6.00. The van der Waals surface area contributed by atoms with E-state index in [1.54, 1.807) is 0 Å². The van der Waals surface area contributed by atoms with Gasteiger partial charge in [-0.25, -0.2) is 0 Å². The van der Waals surface area contributed by atoms with Gasteiger partial charge in [0.1, 0.15) is 0 Å². The average molecular weight is 890 g/mol. The van der Waals surface area contributed by atoms with Gasteiger partial charge in [-0.2, -0.15) is 0 Å². The summed E-state index contributed by atoms with van der Waals surface area (Å²) >= 11 is 0. The summed E-state index contributed by atoms with van der Waals surface area (Å²) in [5, 5.41) is 8.45. The lowest BCUT2D eigenvalue weighted by molar-refractivity contribution is 1.14. The quantitative estimate of drug-likeness (QED) is 0.113. The zero-order chi connectivity index (χ0) is 46.5. The van der Waals surface area contributed by atoms with E-state index in [4.69, 9.17) is 5.73 Å². The SMILES string of the molecule is Cc1ccc(N(c2ccccc2)c2ccc(CNc3ccc(N(c4ccc(-c5ccc(N(c6ccc(N)cc6)c6cccc7ccccc67)cc5)cc4)c4cccc5ccccc45)cc3)cc2)cc1. The summed E-state index contributed by atoms with van der Waals surface area (Å²) in [7, 11) is 0. The first-order valence-electron chi connectivity index (χ1n) is 23.5. The van der Waals surface area contributed by atoms with E-state index < -0.39 is 0 Å². The minimum atomic E-state index is 0.702. The maximum Gasteiger partial charge on any atom is 0.0540 e. The Morgan fingerprint density at radius 2 is 0.710 bits per heavy atom. The molecule has 0 amide bonds. The van der Waals surface area contributed by atoms with Gasteiger partial charge in [-0.3, -0.25) is 0 Å². The highest BCUT2D eigenvalue weighted by Gasteiger charge is 2.18. The Kier molecular flexibility index (Phi) is 11.7. The largest absolute Gasteiger partial charge is 0.399 e. The van der Waals surface area contributed by atoms with Crippen molar-refractivity contribution >= 4 is 84.1 Å². The molecule has 69 heavy (non-hydrogen) atoms. The molecule has 0 aliphatic carbocycles. The van der Waals surface area contributed by atoms with Crippen molar-refractivity contribution in [2.45, 2.75) is 13.5 Å². The number of aryl methyl sites for hydroxylation is 1. The van der Waals surface area contributed by atoms with E-state index in [0.29, 0.717) is 6.54 Å². The molecular formula is C64H51N5. The standard InChI is InChI=1S/C64H51N5/c1-46-21-33-55(34-22-46)67(54-15-3-2-4-16-54)56-35-23-47(24-36-56)45-66-53-31-43-60(44-32-53)69(64-20-10-14-51-12-6-8-18-62(51)64)58-39-27-49(28-40-58)48-25-37-57(38-26-48)68(59-41-29-52(65)30-42-59)63-19-9-13-50-11-5-7-17-61(50)63/h2-44,66H,45,65H2,1H3. The van der Waals surface area contributed by atoms with Gasteiger partial charge in [0.05, 0.1) is 11.4 Å². The van der Waals surface area contributed by atoms with Crippen LogP contribution in [0.1, 0.15) is 11.1 Å². The number of nitrogen functional groups attached to an aromatic ring is 1. The first kappa shape index (κ1) is 42.6. The molecule has 0 spiro atoms. The molecule has 0 bridgehead atoms. The van der Waals surface area contributed by atoms with Crippen molar-refractivity contribution in [2.75, 3.05) is 25.8 Å². The van der Waals surface area contributed by atoms with E-state index in [1.165, 1.54) is 32.7 Å². The van der Waals surface area contributed by atoms with E-state index >= 15 is 0 Å². The van der Waals surface area contributed by atoms with Gasteiger partial charge >= 0.3 is 0 Å². The fourth-order valence-corrected chi connectivity index (χ4v) is 9.30. The van der Waals surface area contributed by atoms with Crippen molar-refractivity contribution in [3.8, 4) is 11.1 Å². The Morgan fingerprint density at radius 3 is 1.22 bits per heavy atom. The Bertz CT molecular complexity index is 3470. The van der Waals surface area contributed by atoms with Crippen molar-refractivity contribution in [1.82, 2.24) is 0 Å². The molecule has 0 aliphatic heterocycles. The first-order valence-corrected chi connectivity index (χ1v) is 23.5. The van der Waals surface area contributed by atoms with E-state index in [-0.39, 0.29) is 0 Å². The molecule has 5 nitrogen and oxygen atoms in total. The van der Waals surface area contributed by atoms with Crippen LogP contribution in [-0.2, 0) is 6.54 Å². The zero-order valence-electron chi connectivity index (χ0n) is 38.5. The molecule has 11 aromatic rings. The van der Waals surface area contributed by atoms with Crippen LogP contribution in [0.5, 0.6) is 0 Å². The van der Waals surface area contributed by atoms with E-state index in [0.717, 1.165) is 73.7 Å². The van der Waals surface area contributed by atoms with Crippen molar-refractivity contribution in [3.63, 3.8) is 0 Å². The molecule has 11 rings (SSSR count). The fraction of sp³-hybridized carbons (Fsp3) is 0.0312. The Labute approximate surface area is 404 Å². The molecule has 0 atom stereocenters. The lowest BCUT2D eigenvalue weighted by Crippen LogP contribution is -2.11. The van der Waals surface area contributed by atoms with Crippen LogP contribution in [0.25, 0.3) is 32.7 Å². The summed E-state index contributed by atoms with van der Waals surface area (Å²) in [6.07, 6.45) is 0. The summed E-state index contributed by atoms with van der Waals surface area (Å²) in [4.78, 5) is 6.97. The molecule has 3 N–H and O–H groups in total. The van der Waals surface area contributed by atoms with Gasteiger partial charge in [0.15, 0.2) is 0 Å². The predicted octanol–water partition coefficient (Wildman–Crippen LogP) is 17.6. The first-order chi connectivity index (χ1) is 34.0. The third-order valence-corrected chi connectivity index (χ3v) is 12.9. The van der Waals surface area contributed by atoms with Crippen LogP contribution < -0.4 is 25.8 Å². The van der Waals surface area contributed by atoms with Crippen LogP contribution >= 0.6 is 0 Å². The predicted molar refractivity (Wildman–Crippen MR) is 294 cm³/mol. The van der Waals surface area contributed by atoms with Crippen LogP contribution in [0.2, 0.25) is 0 Å². The van der Waals surface area contributed by atoms with E-state index in [2.05, 4.69) is 276 Å². The molecule has 0 saturated carbocycles. The number of hydrogen-bond acceptors (Lipinski definition) is 5. The number of nitrogens with one attached hydrogen (secondary N) is 1. The number of para-hydroxylation sites is 1. The van der Waals surface area contributed by atoms with Gasteiger partial charge in [-0.05, 0) is 156 Å². The van der Waals surface area contributed by atoms with Crippen LogP contribution in [-0.4, -0.2) is 0 Å². The zero-order valence-corrected chi connectivity index (χ0v) is 38.5. The maximum atomic E-state index is 6.15. The van der Waals surface area contributed by atoms with Gasteiger partial charge in [0.2, 0.25) is 0 Å². The van der Waals surface area contributed by atoms with Gasteiger partial charge in [-0.1, -0.05) is 145 Å². The molecule has 0 radical (unpaired) electrons. The van der Waals surface area contributed by atoms with Crippen LogP contribution in [0, 0.1) is 6.92 Å². The molecule has 5 heteroatoms. The van der Waals surface area contributed by atoms with Crippen molar-refractivity contribution < 1.29 is 0 Å². The minimum absolute atomic E-state index is 0.702.